The van der Waals surface area contributed by atoms with Gasteiger partial charge in [0.2, 0.25) is 5.91 Å². The molecule has 1 atom stereocenters. The van der Waals surface area contributed by atoms with Crippen molar-refractivity contribution in [3.8, 4) is 0 Å². The average Bonchev–Trinajstić information content (AvgIpc) is 2.63. The largest absolute Gasteiger partial charge is 0.353 e. The Balaban J connectivity index is 1.95. The van der Waals surface area contributed by atoms with Crippen molar-refractivity contribution in [2.45, 2.75) is 103 Å². The molecule has 1 fully saturated rings. The van der Waals surface area contributed by atoms with Gasteiger partial charge >= 0.3 is 0 Å². The van der Waals surface area contributed by atoms with Gasteiger partial charge < -0.3 is 5.32 Å². The molecule has 1 unspecified atom stereocenters. The first kappa shape index (κ1) is 23.2. The highest BCUT2D eigenvalue weighted by Gasteiger charge is 2.19. The molecular formula is C23H44N2O. The van der Waals surface area contributed by atoms with Gasteiger partial charge in [-0.2, -0.15) is 0 Å². The van der Waals surface area contributed by atoms with E-state index in [-0.39, 0.29) is 5.91 Å². The van der Waals surface area contributed by atoms with Gasteiger partial charge in [-0.3, -0.25) is 9.69 Å². The number of amides is 1. The second-order valence-corrected chi connectivity index (χ2v) is 8.34. The third-order valence-corrected chi connectivity index (χ3v) is 5.74. The van der Waals surface area contributed by atoms with E-state index in [4.69, 9.17) is 0 Å². The summed E-state index contributed by atoms with van der Waals surface area (Å²) in [5, 5.41) is 3.24. The Morgan fingerprint density at radius 3 is 2.35 bits per heavy atom. The number of piperidine rings is 1. The summed E-state index contributed by atoms with van der Waals surface area (Å²) in [5.74, 6) is 1.08. The fourth-order valence-corrected chi connectivity index (χ4v) is 3.94. The molecule has 0 aliphatic carbocycles. The minimum atomic E-state index is 0.260. The smallest absolute Gasteiger partial charge is 0.220 e. The number of likely N-dealkylation sites (tertiary alicyclic amines) is 1. The Morgan fingerprint density at radius 2 is 1.69 bits per heavy atom. The zero-order valence-corrected chi connectivity index (χ0v) is 17.6. The molecule has 0 radical (unpaired) electrons. The van der Waals surface area contributed by atoms with Crippen LogP contribution in [0.4, 0.5) is 0 Å². The Morgan fingerprint density at radius 1 is 1.08 bits per heavy atom. The number of nitrogens with zero attached hydrogens (tertiary/aromatic N) is 1. The maximum atomic E-state index is 12.1. The molecule has 0 aromatic rings. The molecule has 1 heterocycles. The third kappa shape index (κ3) is 11.7. The minimum absolute atomic E-state index is 0.260. The first-order valence-corrected chi connectivity index (χ1v) is 11.3. The van der Waals surface area contributed by atoms with Gasteiger partial charge in [-0.25, -0.2) is 0 Å². The van der Waals surface area contributed by atoms with Crippen molar-refractivity contribution < 1.29 is 4.79 Å². The molecule has 152 valence electrons. The van der Waals surface area contributed by atoms with E-state index in [0.717, 1.165) is 44.8 Å². The van der Waals surface area contributed by atoms with Crippen LogP contribution >= 0.6 is 0 Å². The van der Waals surface area contributed by atoms with Gasteiger partial charge in [0.15, 0.2) is 0 Å². The fourth-order valence-electron chi connectivity index (χ4n) is 3.94. The lowest BCUT2D eigenvalue weighted by molar-refractivity contribution is -0.122. The van der Waals surface area contributed by atoms with Gasteiger partial charge in [0.25, 0.3) is 0 Å². The quantitative estimate of drug-likeness (QED) is 0.298. The molecule has 0 aromatic heterocycles. The molecule has 1 aliphatic heterocycles. The van der Waals surface area contributed by atoms with Crippen molar-refractivity contribution in [2.75, 3.05) is 19.6 Å². The van der Waals surface area contributed by atoms with Crippen LogP contribution in [0.5, 0.6) is 0 Å². The topological polar surface area (TPSA) is 32.3 Å². The summed E-state index contributed by atoms with van der Waals surface area (Å²) >= 11 is 0. The van der Waals surface area contributed by atoms with Gasteiger partial charge in [-0.1, -0.05) is 77.7 Å². The van der Waals surface area contributed by atoms with Crippen LogP contribution in [0.3, 0.4) is 0 Å². The van der Waals surface area contributed by atoms with Crippen LogP contribution in [-0.4, -0.2) is 36.5 Å². The van der Waals surface area contributed by atoms with Crippen LogP contribution < -0.4 is 5.32 Å². The summed E-state index contributed by atoms with van der Waals surface area (Å²) < 4.78 is 0. The lowest BCUT2D eigenvalue weighted by Gasteiger charge is -2.31. The molecule has 0 saturated carbocycles. The molecule has 0 aromatic carbocycles. The number of carbonyl (C=O) groups is 1. The number of rotatable bonds is 15. The van der Waals surface area contributed by atoms with Crippen LogP contribution in [0, 0.1) is 5.92 Å². The van der Waals surface area contributed by atoms with Crippen molar-refractivity contribution in [3.05, 3.63) is 12.7 Å². The highest BCUT2D eigenvalue weighted by molar-refractivity contribution is 5.76. The summed E-state index contributed by atoms with van der Waals surface area (Å²) in [6, 6.07) is 0.384. The number of carbonyl (C=O) groups excluding carboxylic acids is 1. The number of hydrogen-bond donors (Lipinski definition) is 1. The first-order chi connectivity index (χ1) is 12.7. The molecule has 26 heavy (non-hydrogen) atoms. The van der Waals surface area contributed by atoms with Gasteiger partial charge in [0.1, 0.15) is 0 Å². The zero-order chi connectivity index (χ0) is 19.0. The van der Waals surface area contributed by atoms with Gasteiger partial charge in [0, 0.05) is 32.1 Å². The summed E-state index contributed by atoms with van der Waals surface area (Å²) in [7, 11) is 0. The Bertz CT molecular complexity index is 361. The Hall–Kier alpha value is -0.830. The van der Waals surface area contributed by atoms with E-state index in [0.29, 0.717) is 12.5 Å². The van der Waals surface area contributed by atoms with Gasteiger partial charge in [0.05, 0.1) is 0 Å². The summed E-state index contributed by atoms with van der Waals surface area (Å²) in [6.07, 6.45) is 18.0. The summed E-state index contributed by atoms with van der Waals surface area (Å²) in [6.45, 7) is 11.6. The van der Waals surface area contributed by atoms with E-state index >= 15 is 0 Å². The van der Waals surface area contributed by atoms with Crippen molar-refractivity contribution in [2.24, 2.45) is 5.92 Å². The number of nitrogens with one attached hydrogen (secondary N) is 1. The molecule has 1 amide bonds. The van der Waals surface area contributed by atoms with Crippen molar-refractivity contribution in [3.63, 3.8) is 0 Å². The molecule has 0 bridgehead atoms. The van der Waals surface area contributed by atoms with Crippen LogP contribution in [0.15, 0.2) is 12.7 Å². The van der Waals surface area contributed by atoms with E-state index in [2.05, 4.69) is 30.6 Å². The molecule has 3 nitrogen and oxygen atoms in total. The highest BCUT2D eigenvalue weighted by Crippen LogP contribution is 2.18. The Labute approximate surface area is 163 Å². The van der Waals surface area contributed by atoms with Gasteiger partial charge in [-0.05, 0) is 25.2 Å². The van der Waals surface area contributed by atoms with Crippen molar-refractivity contribution in [1.82, 2.24) is 10.2 Å². The highest BCUT2D eigenvalue weighted by atomic mass is 16.1. The predicted molar refractivity (Wildman–Crippen MR) is 113 cm³/mol. The van der Waals surface area contributed by atoms with Crippen molar-refractivity contribution >= 4 is 5.91 Å². The standard InChI is InChI=1S/C23H44N2O/c1-4-6-7-8-9-10-13-21(3)14-11-12-15-23(26)24-22-16-19-25(18-5-2)20-17-22/h5,21-22H,2,4,6-20H2,1,3H3,(H,24,26). The Kier molecular flexibility index (Phi) is 13.6. The van der Waals surface area contributed by atoms with E-state index in [1.807, 2.05) is 6.08 Å². The second-order valence-electron chi connectivity index (χ2n) is 8.34. The van der Waals surface area contributed by atoms with E-state index in [9.17, 15) is 4.79 Å². The third-order valence-electron chi connectivity index (χ3n) is 5.74. The normalized spacial score (nSPS) is 17.2. The second kappa shape index (κ2) is 15.2. The molecule has 3 heteroatoms. The molecular weight excluding hydrogens is 320 g/mol. The summed E-state index contributed by atoms with van der Waals surface area (Å²) in [4.78, 5) is 14.5. The van der Waals surface area contributed by atoms with Gasteiger partial charge in [-0.15, -0.1) is 6.58 Å². The average molecular weight is 365 g/mol. The van der Waals surface area contributed by atoms with E-state index in [1.54, 1.807) is 0 Å². The maximum Gasteiger partial charge on any atom is 0.220 e. The molecule has 1 N–H and O–H groups in total. The molecule has 1 aliphatic rings. The monoisotopic (exact) mass is 364 g/mol. The lowest BCUT2D eigenvalue weighted by atomic mass is 9.96. The maximum absolute atomic E-state index is 12.1. The predicted octanol–water partition coefficient (Wildman–Crippen LogP) is 5.70. The SMILES string of the molecule is C=CCN1CCC(NC(=O)CCCCC(C)CCCCCCCC)CC1. The van der Waals surface area contributed by atoms with Crippen LogP contribution in [0.1, 0.15) is 97.3 Å². The summed E-state index contributed by atoms with van der Waals surface area (Å²) in [5.41, 5.74) is 0. The molecule has 0 spiro atoms. The van der Waals surface area contributed by atoms with E-state index < -0.39 is 0 Å². The number of hydrogen-bond acceptors (Lipinski definition) is 2. The fraction of sp³-hybridized carbons (Fsp3) is 0.870. The van der Waals surface area contributed by atoms with Crippen LogP contribution in [-0.2, 0) is 4.79 Å². The molecule has 1 saturated heterocycles. The van der Waals surface area contributed by atoms with Crippen LogP contribution in [0.2, 0.25) is 0 Å². The lowest BCUT2D eigenvalue weighted by Crippen LogP contribution is -2.44. The zero-order valence-electron chi connectivity index (χ0n) is 17.6. The molecule has 1 rings (SSSR count). The van der Waals surface area contributed by atoms with Crippen LogP contribution in [0.25, 0.3) is 0 Å². The van der Waals surface area contributed by atoms with E-state index in [1.165, 1.54) is 57.8 Å². The minimum Gasteiger partial charge on any atom is -0.353 e. The van der Waals surface area contributed by atoms with Crippen molar-refractivity contribution in [1.29, 1.82) is 0 Å². The number of unbranched alkanes of at least 4 members (excludes halogenated alkanes) is 6. The first-order valence-electron chi connectivity index (χ1n) is 11.3.